The fourth-order valence-corrected chi connectivity index (χ4v) is 4.82. The van der Waals surface area contributed by atoms with E-state index in [2.05, 4.69) is 14.8 Å². The summed E-state index contributed by atoms with van der Waals surface area (Å²) in [5.41, 5.74) is 0.609. The molecule has 28 heavy (non-hydrogen) atoms. The monoisotopic (exact) mass is 406 g/mol. The van der Waals surface area contributed by atoms with E-state index in [1.165, 1.54) is 13.0 Å². The number of morpholine rings is 1. The number of aromatic nitrogens is 1. The molecule has 0 aromatic carbocycles. The normalized spacial score (nSPS) is 22.5. The van der Waals surface area contributed by atoms with Crippen LogP contribution in [0.2, 0.25) is 5.02 Å². The topological polar surface area (TPSA) is 48.9 Å². The standard InChI is InChI=1S/C21H31ClN4O2/c22-19-14-18(21(27)26-6-2-1-3-7-26)15-23-20(19)25-8-4-17(5-9-25)16-24-10-12-28-13-11-24/h14-15,17H,1-13,16H2. The smallest absolute Gasteiger partial charge is 0.255 e. The minimum atomic E-state index is 0.0601. The van der Waals surface area contributed by atoms with Gasteiger partial charge in [-0.3, -0.25) is 9.69 Å². The second kappa shape index (κ2) is 9.42. The summed E-state index contributed by atoms with van der Waals surface area (Å²) in [6.45, 7) is 8.63. The molecule has 0 N–H and O–H groups in total. The number of piperidine rings is 2. The SMILES string of the molecule is O=C(c1cnc(N2CCC(CN3CCOCC3)CC2)c(Cl)c1)N1CCCCC1. The van der Waals surface area contributed by atoms with Gasteiger partial charge in [0.05, 0.1) is 23.8 Å². The molecule has 3 saturated heterocycles. The van der Waals surface area contributed by atoms with Crippen LogP contribution in [0.3, 0.4) is 0 Å². The van der Waals surface area contributed by atoms with Gasteiger partial charge < -0.3 is 14.5 Å². The lowest BCUT2D eigenvalue weighted by molar-refractivity contribution is 0.0289. The van der Waals surface area contributed by atoms with Crippen molar-refractivity contribution < 1.29 is 9.53 Å². The molecule has 0 bridgehead atoms. The lowest BCUT2D eigenvalue weighted by Crippen LogP contribution is -2.43. The highest BCUT2D eigenvalue weighted by molar-refractivity contribution is 6.33. The first-order valence-corrected chi connectivity index (χ1v) is 11.1. The highest BCUT2D eigenvalue weighted by Crippen LogP contribution is 2.29. The van der Waals surface area contributed by atoms with Crippen LogP contribution in [0.1, 0.15) is 42.5 Å². The second-order valence-electron chi connectivity index (χ2n) is 8.23. The van der Waals surface area contributed by atoms with E-state index in [1.807, 2.05) is 4.90 Å². The van der Waals surface area contributed by atoms with Gasteiger partial charge in [0.2, 0.25) is 0 Å². The number of nitrogens with zero attached hydrogens (tertiary/aromatic N) is 4. The van der Waals surface area contributed by atoms with Crippen LogP contribution >= 0.6 is 11.6 Å². The Morgan fingerprint density at radius 3 is 2.46 bits per heavy atom. The molecule has 0 aliphatic carbocycles. The van der Waals surface area contributed by atoms with E-state index < -0.39 is 0 Å². The van der Waals surface area contributed by atoms with Crippen LogP contribution in [0.15, 0.2) is 12.3 Å². The van der Waals surface area contributed by atoms with Crippen molar-refractivity contribution in [3.8, 4) is 0 Å². The van der Waals surface area contributed by atoms with Crippen molar-refractivity contribution in [1.82, 2.24) is 14.8 Å². The lowest BCUT2D eigenvalue weighted by Gasteiger charge is -2.36. The fraction of sp³-hybridized carbons (Fsp3) is 0.714. The van der Waals surface area contributed by atoms with Gasteiger partial charge in [-0.25, -0.2) is 4.98 Å². The van der Waals surface area contributed by atoms with Gasteiger partial charge in [-0.15, -0.1) is 0 Å². The van der Waals surface area contributed by atoms with E-state index in [9.17, 15) is 4.79 Å². The number of ether oxygens (including phenoxy) is 1. The minimum Gasteiger partial charge on any atom is -0.379 e. The largest absolute Gasteiger partial charge is 0.379 e. The maximum atomic E-state index is 12.7. The Balaban J connectivity index is 1.32. The van der Waals surface area contributed by atoms with Gasteiger partial charge in [-0.2, -0.15) is 0 Å². The van der Waals surface area contributed by atoms with Gasteiger partial charge in [-0.1, -0.05) is 11.6 Å². The molecular weight excluding hydrogens is 376 g/mol. The van der Waals surface area contributed by atoms with Gasteiger partial charge in [0.1, 0.15) is 5.82 Å². The lowest BCUT2D eigenvalue weighted by atomic mass is 9.96. The van der Waals surface area contributed by atoms with E-state index in [4.69, 9.17) is 16.3 Å². The zero-order chi connectivity index (χ0) is 19.3. The molecular formula is C21H31ClN4O2. The van der Waals surface area contributed by atoms with Crippen LogP contribution in [0.5, 0.6) is 0 Å². The molecule has 6 nitrogen and oxygen atoms in total. The van der Waals surface area contributed by atoms with Crippen molar-refractivity contribution >= 4 is 23.3 Å². The molecule has 0 unspecified atom stereocenters. The molecule has 1 aromatic heterocycles. The maximum Gasteiger partial charge on any atom is 0.255 e. The average Bonchev–Trinajstić information content (AvgIpc) is 2.75. The third-order valence-corrected chi connectivity index (χ3v) is 6.52. The van der Waals surface area contributed by atoms with E-state index in [0.29, 0.717) is 10.6 Å². The van der Waals surface area contributed by atoms with E-state index >= 15 is 0 Å². The summed E-state index contributed by atoms with van der Waals surface area (Å²) in [7, 11) is 0. The van der Waals surface area contributed by atoms with Crippen LogP contribution in [0.25, 0.3) is 0 Å². The highest BCUT2D eigenvalue weighted by atomic mass is 35.5. The first-order chi connectivity index (χ1) is 13.7. The van der Waals surface area contributed by atoms with Crippen molar-refractivity contribution in [1.29, 1.82) is 0 Å². The molecule has 3 aliphatic rings. The highest BCUT2D eigenvalue weighted by Gasteiger charge is 2.25. The number of likely N-dealkylation sites (tertiary alicyclic amines) is 1. The van der Waals surface area contributed by atoms with Gasteiger partial charge in [0, 0.05) is 52.0 Å². The number of amides is 1. The van der Waals surface area contributed by atoms with Gasteiger partial charge >= 0.3 is 0 Å². The first kappa shape index (κ1) is 19.9. The molecule has 3 aliphatic heterocycles. The van der Waals surface area contributed by atoms with Gasteiger partial charge in [0.25, 0.3) is 5.91 Å². The Bertz CT molecular complexity index is 666. The predicted octanol–water partition coefficient (Wildman–Crippen LogP) is 2.91. The summed E-state index contributed by atoms with van der Waals surface area (Å²) >= 11 is 6.54. The Morgan fingerprint density at radius 1 is 1.07 bits per heavy atom. The molecule has 7 heteroatoms. The Morgan fingerprint density at radius 2 is 1.79 bits per heavy atom. The molecule has 0 radical (unpaired) electrons. The summed E-state index contributed by atoms with van der Waals surface area (Å²) in [5, 5.41) is 0.592. The number of carbonyl (C=O) groups is 1. The maximum absolute atomic E-state index is 12.7. The van der Waals surface area contributed by atoms with Crippen LogP contribution in [0.4, 0.5) is 5.82 Å². The molecule has 0 saturated carbocycles. The molecule has 0 atom stereocenters. The quantitative estimate of drug-likeness (QED) is 0.769. The average molecular weight is 407 g/mol. The number of anilines is 1. The molecule has 0 spiro atoms. The molecule has 1 amide bonds. The zero-order valence-corrected chi connectivity index (χ0v) is 17.4. The van der Waals surface area contributed by atoms with E-state index in [1.54, 1.807) is 12.3 Å². The van der Waals surface area contributed by atoms with Crippen LogP contribution in [-0.4, -0.2) is 79.7 Å². The number of pyridine rings is 1. The molecule has 4 heterocycles. The predicted molar refractivity (Wildman–Crippen MR) is 111 cm³/mol. The van der Waals surface area contributed by atoms with Gasteiger partial charge in [-0.05, 0) is 44.1 Å². The molecule has 1 aromatic rings. The van der Waals surface area contributed by atoms with E-state index in [0.717, 1.165) is 89.9 Å². The summed E-state index contributed by atoms with van der Waals surface area (Å²) in [5.74, 6) is 1.61. The van der Waals surface area contributed by atoms with Crippen LogP contribution < -0.4 is 4.90 Å². The van der Waals surface area contributed by atoms with Crippen molar-refractivity contribution in [2.45, 2.75) is 32.1 Å². The van der Waals surface area contributed by atoms with Crippen molar-refractivity contribution in [2.75, 3.05) is 63.9 Å². The number of hydrogen-bond donors (Lipinski definition) is 0. The Labute approximate surface area is 172 Å². The van der Waals surface area contributed by atoms with Crippen molar-refractivity contribution in [3.05, 3.63) is 22.8 Å². The first-order valence-electron chi connectivity index (χ1n) is 10.7. The summed E-state index contributed by atoms with van der Waals surface area (Å²) in [6.07, 6.45) is 7.41. The number of hydrogen-bond acceptors (Lipinski definition) is 5. The number of halogens is 1. The molecule has 154 valence electrons. The Hall–Kier alpha value is -1.37. The summed E-state index contributed by atoms with van der Waals surface area (Å²) in [4.78, 5) is 24.0. The van der Waals surface area contributed by atoms with Crippen molar-refractivity contribution in [2.24, 2.45) is 5.92 Å². The summed E-state index contributed by atoms with van der Waals surface area (Å²) in [6, 6.07) is 1.81. The zero-order valence-electron chi connectivity index (χ0n) is 16.6. The molecule has 4 rings (SSSR count). The van der Waals surface area contributed by atoms with Crippen molar-refractivity contribution in [3.63, 3.8) is 0 Å². The van der Waals surface area contributed by atoms with Crippen LogP contribution in [-0.2, 0) is 4.74 Å². The Kier molecular flexibility index (Phi) is 6.70. The van der Waals surface area contributed by atoms with Crippen LogP contribution in [0, 0.1) is 5.92 Å². The minimum absolute atomic E-state index is 0.0601. The summed E-state index contributed by atoms with van der Waals surface area (Å²) < 4.78 is 5.44. The van der Waals surface area contributed by atoms with E-state index in [-0.39, 0.29) is 5.91 Å². The van der Waals surface area contributed by atoms with Gasteiger partial charge in [0.15, 0.2) is 0 Å². The number of rotatable bonds is 4. The second-order valence-corrected chi connectivity index (χ2v) is 8.63. The third-order valence-electron chi connectivity index (χ3n) is 6.25. The molecule has 3 fully saturated rings. The fourth-order valence-electron chi connectivity index (χ4n) is 4.54. The third kappa shape index (κ3) is 4.78. The number of carbonyl (C=O) groups excluding carboxylic acids is 1.